The average Bonchev–Trinajstić information content (AvgIpc) is 2.25. The van der Waals surface area contributed by atoms with Crippen LogP contribution < -0.4 is 4.74 Å². The summed E-state index contributed by atoms with van der Waals surface area (Å²) in [6.45, 7) is 2.03. The van der Waals surface area contributed by atoms with E-state index in [0.717, 1.165) is 15.8 Å². The Morgan fingerprint density at radius 3 is 2.80 bits per heavy atom. The van der Waals surface area contributed by atoms with Gasteiger partial charge in [-0.25, -0.2) is 4.98 Å². The number of rotatable bonds is 2. The summed E-state index contributed by atoms with van der Waals surface area (Å²) in [6, 6.07) is 11.5. The number of hydrogen-bond acceptors (Lipinski definition) is 2. The number of aryl methyl sites for hydroxylation is 1. The third kappa shape index (κ3) is 2.57. The molecular weight excluding hydrogens is 254 g/mol. The second kappa shape index (κ2) is 4.45. The molecule has 1 heterocycles. The van der Waals surface area contributed by atoms with Crippen molar-refractivity contribution in [3.05, 3.63) is 52.6 Å². The summed E-state index contributed by atoms with van der Waals surface area (Å²) in [5.41, 5.74) is 1.16. The fourth-order valence-electron chi connectivity index (χ4n) is 1.21. The zero-order valence-electron chi connectivity index (χ0n) is 8.27. The molecule has 0 saturated carbocycles. The number of hydrogen-bond donors (Lipinski definition) is 0. The van der Waals surface area contributed by atoms with Crippen molar-refractivity contribution in [2.75, 3.05) is 0 Å². The number of benzene rings is 1. The Morgan fingerprint density at radius 1 is 1.20 bits per heavy atom. The van der Waals surface area contributed by atoms with Gasteiger partial charge in [0.05, 0.1) is 4.47 Å². The number of ether oxygens (including phenoxy) is 1. The highest BCUT2D eigenvalue weighted by Gasteiger charge is 2.02. The fourth-order valence-corrected chi connectivity index (χ4v) is 1.54. The van der Waals surface area contributed by atoms with Gasteiger partial charge < -0.3 is 4.74 Å². The predicted octanol–water partition coefficient (Wildman–Crippen LogP) is 3.94. The minimum Gasteiger partial charge on any atom is -0.438 e. The van der Waals surface area contributed by atoms with Crippen molar-refractivity contribution in [3.8, 4) is 11.6 Å². The largest absolute Gasteiger partial charge is 0.438 e. The van der Waals surface area contributed by atoms with Gasteiger partial charge in [0.1, 0.15) is 5.75 Å². The van der Waals surface area contributed by atoms with E-state index in [9.17, 15) is 0 Å². The molecule has 2 nitrogen and oxygen atoms in total. The van der Waals surface area contributed by atoms with Gasteiger partial charge in [-0.15, -0.1) is 0 Å². The summed E-state index contributed by atoms with van der Waals surface area (Å²) < 4.78 is 6.56. The molecule has 0 fully saturated rings. The molecule has 0 amide bonds. The van der Waals surface area contributed by atoms with Crippen LogP contribution in [0, 0.1) is 6.92 Å². The van der Waals surface area contributed by atoms with Crippen molar-refractivity contribution in [1.29, 1.82) is 0 Å². The van der Waals surface area contributed by atoms with Gasteiger partial charge in [0.15, 0.2) is 0 Å². The highest BCUT2D eigenvalue weighted by molar-refractivity contribution is 9.10. The number of aromatic nitrogens is 1. The van der Waals surface area contributed by atoms with E-state index in [1.54, 1.807) is 6.20 Å². The Kier molecular flexibility index (Phi) is 3.02. The first-order chi connectivity index (χ1) is 7.25. The maximum Gasteiger partial charge on any atom is 0.219 e. The SMILES string of the molecule is Cc1ccc(Br)c(Oc2ccccn2)c1. The van der Waals surface area contributed by atoms with Gasteiger partial charge in [-0.05, 0) is 46.6 Å². The molecule has 0 bridgehead atoms. The maximum absolute atomic E-state index is 5.63. The molecule has 15 heavy (non-hydrogen) atoms. The fraction of sp³-hybridized carbons (Fsp3) is 0.0833. The summed E-state index contributed by atoms with van der Waals surface area (Å²) in [4.78, 5) is 4.10. The van der Waals surface area contributed by atoms with Crippen LogP contribution in [-0.2, 0) is 0 Å². The lowest BCUT2D eigenvalue weighted by molar-refractivity contribution is 0.460. The van der Waals surface area contributed by atoms with Crippen LogP contribution >= 0.6 is 15.9 Å². The Balaban J connectivity index is 2.28. The first-order valence-corrected chi connectivity index (χ1v) is 5.40. The van der Waals surface area contributed by atoms with Gasteiger partial charge in [0, 0.05) is 12.3 Å². The first-order valence-electron chi connectivity index (χ1n) is 4.61. The van der Waals surface area contributed by atoms with Crippen LogP contribution in [0.1, 0.15) is 5.56 Å². The maximum atomic E-state index is 5.63. The molecule has 0 radical (unpaired) electrons. The van der Waals surface area contributed by atoms with E-state index >= 15 is 0 Å². The van der Waals surface area contributed by atoms with Crippen LogP contribution in [0.15, 0.2) is 47.1 Å². The highest BCUT2D eigenvalue weighted by Crippen LogP contribution is 2.29. The molecule has 0 aliphatic carbocycles. The quantitative estimate of drug-likeness (QED) is 0.819. The lowest BCUT2D eigenvalue weighted by Gasteiger charge is -2.06. The zero-order chi connectivity index (χ0) is 10.7. The molecule has 2 aromatic rings. The van der Waals surface area contributed by atoms with Crippen molar-refractivity contribution in [2.45, 2.75) is 6.92 Å². The van der Waals surface area contributed by atoms with Gasteiger partial charge in [-0.1, -0.05) is 12.1 Å². The molecule has 0 aliphatic rings. The van der Waals surface area contributed by atoms with E-state index in [0.29, 0.717) is 5.88 Å². The summed E-state index contributed by atoms with van der Waals surface area (Å²) in [7, 11) is 0. The molecule has 1 aromatic heterocycles. The summed E-state index contributed by atoms with van der Waals surface area (Å²) in [5.74, 6) is 1.39. The minimum absolute atomic E-state index is 0.601. The zero-order valence-corrected chi connectivity index (χ0v) is 9.86. The number of pyridine rings is 1. The van der Waals surface area contributed by atoms with Gasteiger partial charge in [0.2, 0.25) is 5.88 Å². The first kappa shape index (κ1) is 10.2. The van der Waals surface area contributed by atoms with Gasteiger partial charge in [-0.2, -0.15) is 0 Å². The van der Waals surface area contributed by atoms with Crippen LogP contribution in [0.25, 0.3) is 0 Å². The Morgan fingerprint density at radius 2 is 2.07 bits per heavy atom. The Hall–Kier alpha value is -1.35. The van der Waals surface area contributed by atoms with Crippen LogP contribution in [-0.4, -0.2) is 4.98 Å². The number of halogens is 1. The smallest absolute Gasteiger partial charge is 0.219 e. The molecule has 2 rings (SSSR count). The van der Waals surface area contributed by atoms with Crippen molar-refractivity contribution in [3.63, 3.8) is 0 Å². The highest BCUT2D eigenvalue weighted by atomic mass is 79.9. The third-order valence-electron chi connectivity index (χ3n) is 1.94. The lowest BCUT2D eigenvalue weighted by Crippen LogP contribution is -1.88. The summed E-state index contributed by atoms with van der Waals surface area (Å²) in [5, 5.41) is 0. The molecule has 0 aliphatic heterocycles. The molecule has 76 valence electrons. The van der Waals surface area contributed by atoms with E-state index < -0.39 is 0 Å². The van der Waals surface area contributed by atoms with Gasteiger partial charge in [-0.3, -0.25) is 0 Å². The molecule has 0 N–H and O–H groups in total. The Bertz CT molecular complexity index is 456. The Labute approximate surface area is 97.1 Å². The number of nitrogens with zero attached hydrogens (tertiary/aromatic N) is 1. The van der Waals surface area contributed by atoms with Gasteiger partial charge >= 0.3 is 0 Å². The topological polar surface area (TPSA) is 22.1 Å². The van der Waals surface area contributed by atoms with Crippen molar-refractivity contribution in [2.24, 2.45) is 0 Å². The molecular formula is C12H10BrNO. The van der Waals surface area contributed by atoms with Crippen LogP contribution in [0.5, 0.6) is 11.6 Å². The standard InChI is InChI=1S/C12H10BrNO/c1-9-5-6-10(13)11(8-9)15-12-4-2-3-7-14-12/h2-8H,1H3. The van der Waals surface area contributed by atoms with E-state index in [1.165, 1.54) is 0 Å². The molecule has 0 unspecified atom stereocenters. The molecule has 0 atom stereocenters. The van der Waals surface area contributed by atoms with E-state index in [4.69, 9.17) is 4.74 Å². The van der Waals surface area contributed by atoms with Gasteiger partial charge in [0.25, 0.3) is 0 Å². The van der Waals surface area contributed by atoms with E-state index in [-0.39, 0.29) is 0 Å². The molecule has 3 heteroatoms. The van der Waals surface area contributed by atoms with Crippen molar-refractivity contribution in [1.82, 2.24) is 4.98 Å². The van der Waals surface area contributed by atoms with E-state index in [2.05, 4.69) is 20.9 Å². The second-order valence-electron chi connectivity index (χ2n) is 3.20. The minimum atomic E-state index is 0.601. The predicted molar refractivity (Wildman–Crippen MR) is 63.2 cm³/mol. The van der Waals surface area contributed by atoms with Crippen LogP contribution in [0.2, 0.25) is 0 Å². The lowest BCUT2D eigenvalue weighted by atomic mass is 10.2. The summed E-state index contributed by atoms with van der Waals surface area (Å²) in [6.07, 6.45) is 1.71. The molecule has 0 saturated heterocycles. The van der Waals surface area contributed by atoms with Crippen molar-refractivity contribution < 1.29 is 4.74 Å². The van der Waals surface area contributed by atoms with Crippen LogP contribution in [0.3, 0.4) is 0 Å². The van der Waals surface area contributed by atoms with E-state index in [1.807, 2.05) is 43.3 Å². The molecule has 1 aromatic carbocycles. The summed E-state index contributed by atoms with van der Waals surface area (Å²) >= 11 is 3.44. The third-order valence-corrected chi connectivity index (χ3v) is 2.59. The normalized spacial score (nSPS) is 10.0. The van der Waals surface area contributed by atoms with Crippen LogP contribution in [0.4, 0.5) is 0 Å². The van der Waals surface area contributed by atoms with Crippen molar-refractivity contribution >= 4 is 15.9 Å². The molecule has 0 spiro atoms. The second-order valence-corrected chi connectivity index (χ2v) is 4.06. The monoisotopic (exact) mass is 263 g/mol. The average molecular weight is 264 g/mol.